The quantitative estimate of drug-likeness (QED) is 0.745. The third-order valence-electron chi connectivity index (χ3n) is 3.55. The molecule has 0 fully saturated rings. The number of nitrogens with zero attached hydrogens (tertiary/aromatic N) is 5. The lowest BCUT2D eigenvalue weighted by Crippen LogP contribution is -2.04. The van der Waals surface area contributed by atoms with Gasteiger partial charge < -0.3 is 4.57 Å². The largest absolute Gasteiger partial charge is 0.304 e. The maximum atomic E-state index is 9.05. The maximum Gasteiger partial charge on any atom is 0.164 e. The van der Waals surface area contributed by atoms with Crippen molar-refractivity contribution in [1.82, 2.24) is 19.7 Å². The fourth-order valence-corrected chi connectivity index (χ4v) is 3.18. The molecule has 0 saturated heterocycles. The van der Waals surface area contributed by atoms with Gasteiger partial charge in [0.1, 0.15) is 10.8 Å². The summed E-state index contributed by atoms with van der Waals surface area (Å²) in [4.78, 5) is 5.81. The van der Waals surface area contributed by atoms with E-state index in [-0.39, 0.29) is 0 Å². The van der Waals surface area contributed by atoms with Crippen LogP contribution in [-0.4, -0.2) is 19.7 Å². The van der Waals surface area contributed by atoms with Gasteiger partial charge in [-0.2, -0.15) is 5.26 Å². The summed E-state index contributed by atoms with van der Waals surface area (Å²) >= 11 is 1.69. The first kappa shape index (κ1) is 14.4. The predicted octanol–water partition coefficient (Wildman–Crippen LogP) is 3.25. The zero-order valence-electron chi connectivity index (χ0n) is 12.7. The van der Waals surface area contributed by atoms with E-state index in [1.54, 1.807) is 17.4 Å². The average Bonchev–Trinajstić information content (AvgIpc) is 3.03. The molecule has 22 heavy (non-hydrogen) atoms. The van der Waals surface area contributed by atoms with E-state index < -0.39 is 0 Å². The van der Waals surface area contributed by atoms with Gasteiger partial charge in [0.05, 0.1) is 23.9 Å². The van der Waals surface area contributed by atoms with Gasteiger partial charge in [-0.1, -0.05) is 12.1 Å². The van der Waals surface area contributed by atoms with Crippen LogP contribution in [0.15, 0.2) is 24.3 Å². The van der Waals surface area contributed by atoms with Crippen LogP contribution in [0.5, 0.6) is 0 Å². The Morgan fingerprint density at radius 1 is 1.23 bits per heavy atom. The molecular weight excluding hydrogens is 294 g/mol. The highest BCUT2D eigenvalue weighted by molar-refractivity contribution is 7.11. The average molecular weight is 309 g/mol. The third kappa shape index (κ3) is 2.63. The highest BCUT2D eigenvalue weighted by atomic mass is 32.1. The fourth-order valence-electron chi connectivity index (χ4n) is 2.25. The molecule has 5 nitrogen and oxygen atoms in total. The second-order valence-electron chi connectivity index (χ2n) is 5.10. The van der Waals surface area contributed by atoms with Crippen LogP contribution in [0.4, 0.5) is 0 Å². The predicted molar refractivity (Wildman–Crippen MR) is 85.6 cm³/mol. The maximum absolute atomic E-state index is 9.05. The van der Waals surface area contributed by atoms with Crippen molar-refractivity contribution in [2.45, 2.75) is 27.3 Å². The van der Waals surface area contributed by atoms with Crippen LogP contribution in [0.2, 0.25) is 0 Å². The number of aryl methyl sites for hydroxylation is 3. The summed E-state index contributed by atoms with van der Waals surface area (Å²) < 4.78 is 2.04. The molecule has 0 N–H and O–H groups in total. The molecule has 0 radical (unpaired) electrons. The van der Waals surface area contributed by atoms with E-state index in [1.807, 2.05) is 36.6 Å². The SMILES string of the molecule is Cc1nc(Cn2c(C)nnc2-c2cccc(C#N)c2)sc1C. The Morgan fingerprint density at radius 2 is 2.05 bits per heavy atom. The summed E-state index contributed by atoms with van der Waals surface area (Å²) in [6, 6.07) is 9.57. The molecule has 0 saturated carbocycles. The van der Waals surface area contributed by atoms with E-state index in [0.29, 0.717) is 12.1 Å². The summed E-state index contributed by atoms with van der Waals surface area (Å²) in [7, 11) is 0. The van der Waals surface area contributed by atoms with Crippen LogP contribution < -0.4 is 0 Å². The number of hydrogen-bond donors (Lipinski definition) is 0. The number of benzene rings is 1. The Morgan fingerprint density at radius 3 is 2.73 bits per heavy atom. The van der Waals surface area contributed by atoms with Crippen molar-refractivity contribution in [3.8, 4) is 17.5 Å². The van der Waals surface area contributed by atoms with Gasteiger partial charge in [0.15, 0.2) is 5.82 Å². The Hall–Kier alpha value is -2.52. The van der Waals surface area contributed by atoms with E-state index in [0.717, 1.165) is 27.9 Å². The van der Waals surface area contributed by atoms with Crippen molar-refractivity contribution >= 4 is 11.3 Å². The molecular formula is C16H15N5S. The normalized spacial score (nSPS) is 10.6. The fraction of sp³-hybridized carbons (Fsp3) is 0.250. The second kappa shape index (κ2) is 5.70. The number of aromatic nitrogens is 4. The first-order chi connectivity index (χ1) is 10.6. The molecule has 0 aliphatic carbocycles. The monoisotopic (exact) mass is 309 g/mol. The van der Waals surface area contributed by atoms with Crippen molar-refractivity contribution in [3.05, 3.63) is 51.2 Å². The topological polar surface area (TPSA) is 67.4 Å². The number of rotatable bonds is 3. The Labute approximate surface area is 132 Å². The van der Waals surface area contributed by atoms with Gasteiger partial charge in [-0.15, -0.1) is 21.5 Å². The highest BCUT2D eigenvalue weighted by Crippen LogP contribution is 2.23. The molecule has 6 heteroatoms. The van der Waals surface area contributed by atoms with Crippen molar-refractivity contribution < 1.29 is 0 Å². The minimum absolute atomic E-state index is 0.616. The number of nitriles is 1. The van der Waals surface area contributed by atoms with Crippen LogP contribution in [0.1, 0.15) is 27.0 Å². The van der Waals surface area contributed by atoms with Gasteiger partial charge in [-0.3, -0.25) is 0 Å². The Bertz CT molecular complexity index is 850. The van der Waals surface area contributed by atoms with E-state index in [9.17, 15) is 0 Å². The van der Waals surface area contributed by atoms with Gasteiger partial charge in [0.2, 0.25) is 0 Å². The summed E-state index contributed by atoms with van der Waals surface area (Å²) in [5.74, 6) is 1.60. The van der Waals surface area contributed by atoms with Crippen molar-refractivity contribution in [1.29, 1.82) is 5.26 Å². The van der Waals surface area contributed by atoms with Crippen LogP contribution in [0, 0.1) is 32.1 Å². The molecule has 0 atom stereocenters. The lowest BCUT2D eigenvalue weighted by atomic mass is 10.1. The highest BCUT2D eigenvalue weighted by Gasteiger charge is 2.14. The standard InChI is InChI=1S/C16H15N5S/c1-10-11(2)22-15(18-10)9-21-12(3)19-20-16(21)14-6-4-5-13(7-14)8-17/h4-7H,9H2,1-3H3. The molecule has 2 heterocycles. The first-order valence-corrected chi connectivity index (χ1v) is 7.73. The smallest absolute Gasteiger partial charge is 0.164 e. The molecule has 3 rings (SSSR count). The molecule has 0 amide bonds. The molecule has 0 bridgehead atoms. The van der Waals surface area contributed by atoms with E-state index in [1.165, 1.54) is 4.88 Å². The van der Waals surface area contributed by atoms with Crippen molar-refractivity contribution in [3.63, 3.8) is 0 Å². The van der Waals surface area contributed by atoms with Gasteiger partial charge in [-0.25, -0.2) is 4.98 Å². The number of thiazole rings is 1. The zero-order chi connectivity index (χ0) is 15.7. The molecule has 110 valence electrons. The van der Waals surface area contributed by atoms with Gasteiger partial charge in [-0.05, 0) is 32.9 Å². The molecule has 3 aromatic rings. The summed E-state index contributed by atoms with van der Waals surface area (Å²) in [5, 5.41) is 18.5. The second-order valence-corrected chi connectivity index (χ2v) is 6.39. The minimum Gasteiger partial charge on any atom is -0.304 e. The van der Waals surface area contributed by atoms with Gasteiger partial charge in [0, 0.05) is 10.4 Å². The van der Waals surface area contributed by atoms with Crippen LogP contribution in [0.3, 0.4) is 0 Å². The van der Waals surface area contributed by atoms with Crippen LogP contribution >= 0.6 is 11.3 Å². The summed E-state index contributed by atoms with van der Waals surface area (Å²) in [5.41, 5.74) is 2.58. The summed E-state index contributed by atoms with van der Waals surface area (Å²) in [6.07, 6.45) is 0. The van der Waals surface area contributed by atoms with Crippen molar-refractivity contribution in [2.75, 3.05) is 0 Å². The molecule has 0 aliphatic heterocycles. The number of hydrogen-bond acceptors (Lipinski definition) is 5. The van der Waals surface area contributed by atoms with E-state index in [2.05, 4.69) is 28.2 Å². The molecule has 1 aromatic carbocycles. The summed E-state index contributed by atoms with van der Waals surface area (Å²) in [6.45, 7) is 6.67. The Kier molecular flexibility index (Phi) is 3.73. The van der Waals surface area contributed by atoms with E-state index in [4.69, 9.17) is 5.26 Å². The molecule has 0 unspecified atom stereocenters. The van der Waals surface area contributed by atoms with E-state index >= 15 is 0 Å². The zero-order valence-corrected chi connectivity index (χ0v) is 13.5. The molecule has 0 spiro atoms. The lowest BCUT2D eigenvalue weighted by molar-refractivity contribution is 0.761. The first-order valence-electron chi connectivity index (χ1n) is 6.91. The molecule has 0 aliphatic rings. The molecule has 2 aromatic heterocycles. The minimum atomic E-state index is 0.616. The van der Waals surface area contributed by atoms with Crippen molar-refractivity contribution in [2.24, 2.45) is 0 Å². The van der Waals surface area contributed by atoms with Gasteiger partial charge in [0.25, 0.3) is 0 Å². The third-order valence-corrected chi connectivity index (χ3v) is 4.61. The lowest BCUT2D eigenvalue weighted by Gasteiger charge is -2.07. The van der Waals surface area contributed by atoms with Crippen LogP contribution in [-0.2, 0) is 6.54 Å². The van der Waals surface area contributed by atoms with Gasteiger partial charge >= 0.3 is 0 Å². The van der Waals surface area contributed by atoms with Crippen LogP contribution in [0.25, 0.3) is 11.4 Å². The Balaban J connectivity index is 2.02.